The van der Waals surface area contributed by atoms with Crippen molar-refractivity contribution in [3.8, 4) is 0 Å². The van der Waals surface area contributed by atoms with Crippen molar-refractivity contribution in [2.45, 2.75) is 71.9 Å². The molecule has 0 aromatic rings. The van der Waals surface area contributed by atoms with Crippen LogP contribution in [0.3, 0.4) is 0 Å². The highest BCUT2D eigenvalue weighted by atomic mass is 15.1. The lowest BCUT2D eigenvalue weighted by Crippen LogP contribution is -2.46. The van der Waals surface area contributed by atoms with Crippen LogP contribution in [0.5, 0.6) is 0 Å². The molecule has 2 aliphatic rings. The van der Waals surface area contributed by atoms with Crippen LogP contribution in [0.2, 0.25) is 0 Å². The Bertz CT molecular complexity index is 290. The summed E-state index contributed by atoms with van der Waals surface area (Å²) in [6.07, 6.45) is 6.74. The molecule has 2 N–H and O–H groups in total. The molecule has 0 amide bonds. The van der Waals surface area contributed by atoms with Gasteiger partial charge in [-0.1, -0.05) is 20.8 Å². The standard InChI is InChI=1S/C17H34N2/c1-12(13-6-7-13)19(5)11-14-10-15(17(2,3)4)8-9-16(14)18/h12-16H,6-11,18H2,1-5H3. The highest BCUT2D eigenvalue weighted by Gasteiger charge is 2.36. The first-order valence-corrected chi connectivity index (χ1v) is 8.25. The average molecular weight is 266 g/mol. The van der Waals surface area contributed by atoms with Gasteiger partial charge in [0.2, 0.25) is 0 Å². The largest absolute Gasteiger partial charge is 0.327 e. The van der Waals surface area contributed by atoms with Gasteiger partial charge in [0.25, 0.3) is 0 Å². The number of nitrogens with two attached hydrogens (primary N) is 1. The lowest BCUT2D eigenvalue weighted by atomic mass is 9.67. The second-order valence-corrected chi connectivity index (χ2v) is 8.32. The van der Waals surface area contributed by atoms with E-state index in [1.54, 1.807) is 0 Å². The average Bonchev–Trinajstić information content (AvgIpc) is 3.13. The Kier molecular flexibility index (Phi) is 4.62. The van der Waals surface area contributed by atoms with Crippen LogP contribution in [0.15, 0.2) is 0 Å². The summed E-state index contributed by atoms with van der Waals surface area (Å²) in [6, 6.07) is 1.18. The minimum Gasteiger partial charge on any atom is -0.327 e. The van der Waals surface area contributed by atoms with E-state index in [2.05, 4.69) is 39.6 Å². The third-order valence-electron chi connectivity index (χ3n) is 5.79. The van der Waals surface area contributed by atoms with Gasteiger partial charge in [0, 0.05) is 18.6 Å². The quantitative estimate of drug-likeness (QED) is 0.844. The molecule has 0 aromatic heterocycles. The fraction of sp³-hybridized carbons (Fsp3) is 1.00. The summed E-state index contributed by atoms with van der Waals surface area (Å²) in [4.78, 5) is 2.58. The molecule has 0 aromatic carbocycles. The fourth-order valence-corrected chi connectivity index (χ4v) is 3.76. The summed E-state index contributed by atoms with van der Waals surface area (Å²) in [5, 5.41) is 0. The Morgan fingerprint density at radius 3 is 2.32 bits per heavy atom. The van der Waals surface area contributed by atoms with E-state index in [4.69, 9.17) is 5.73 Å². The predicted octanol–water partition coefficient (Wildman–Crippen LogP) is 3.51. The van der Waals surface area contributed by atoms with Crippen molar-refractivity contribution in [2.24, 2.45) is 28.9 Å². The van der Waals surface area contributed by atoms with Crippen LogP contribution >= 0.6 is 0 Å². The van der Waals surface area contributed by atoms with Crippen molar-refractivity contribution in [3.05, 3.63) is 0 Å². The second-order valence-electron chi connectivity index (χ2n) is 8.32. The first-order valence-electron chi connectivity index (χ1n) is 8.25. The molecule has 0 heterocycles. The van der Waals surface area contributed by atoms with Gasteiger partial charge in [-0.3, -0.25) is 0 Å². The maximum atomic E-state index is 6.40. The van der Waals surface area contributed by atoms with Crippen molar-refractivity contribution in [2.75, 3.05) is 13.6 Å². The van der Waals surface area contributed by atoms with Crippen LogP contribution in [-0.4, -0.2) is 30.6 Å². The summed E-state index contributed by atoms with van der Waals surface area (Å²) in [6.45, 7) is 10.8. The molecular formula is C17H34N2. The van der Waals surface area contributed by atoms with Crippen LogP contribution in [0.25, 0.3) is 0 Å². The Balaban J connectivity index is 1.89. The fourth-order valence-electron chi connectivity index (χ4n) is 3.76. The Morgan fingerprint density at radius 2 is 1.79 bits per heavy atom. The van der Waals surface area contributed by atoms with Gasteiger partial charge in [-0.25, -0.2) is 0 Å². The third kappa shape index (κ3) is 3.95. The number of hydrogen-bond acceptors (Lipinski definition) is 2. The molecule has 2 aliphatic carbocycles. The molecule has 112 valence electrons. The summed E-state index contributed by atoms with van der Waals surface area (Å²) in [5.74, 6) is 2.51. The molecule has 2 fully saturated rings. The topological polar surface area (TPSA) is 29.3 Å². The van der Waals surface area contributed by atoms with E-state index in [1.165, 1.54) is 38.6 Å². The molecule has 2 nitrogen and oxygen atoms in total. The molecule has 2 heteroatoms. The van der Waals surface area contributed by atoms with E-state index in [0.29, 0.717) is 17.4 Å². The van der Waals surface area contributed by atoms with Gasteiger partial charge in [0.1, 0.15) is 0 Å². The normalized spacial score (nSPS) is 34.6. The van der Waals surface area contributed by atoms with Gasteiger partial charge in [-0.15, -0.1) is 0 Å². The van der Waals surface area contributed by atoms with Gasteiger partial charge in [-0.2, -0.15) is 0 Å². The Labute approximate surface area is 120 Å². The van der Waals surface area contributed by atoms with E-state index in [-0.39, 0.29) is 0 Å². The van der Waals surface area contributed by atoms with Gasteiger partial charge in [0.05, 0.1) is 0 Å². The van der Waals surface area contributed by atoms with Gasteiger partial charge >= 0.3 is 0 Å². The molecule has 0 spiro atoms. The predicted molar refractivity (Wildman–Crippen MR) is 83.1 cm³/mol. The van der Waals surface area contributed by atoms with Crippen molar-refractivity contribution in [3.63, 3.8) is 0 Å². The Hall–Kier alpha value is -0.0800. The zero-order valence-corrected chi connectivity index (χ0v) is 13.7. The minimum atomic E-state index is 0.424. The SMILES string of the molecule is CC(C1CC1)N(C)CC1CC(C(C)(C)C)CCC1N. The molecule has 2 saturated carbocycles. The maximum Gasteiger partial charge on any atom is 0.00922 e. The molecular weight excluding hydrogens is 232 g/mol. The summed E-state index contributed by atoms with van der Waals surface area (Å²) in [5.41, 5.74) is 6.84. The molecule has 4 atom stereocenters. The van der Waals surface area contributed by atoms with E-state index in [9.17, 15) is 0 Å². The van der Waals surface area contributed by atoms with E-state index in [0.717, 1.165) is 17.9 Å². The molecule has 0 aliphatic heterocycles. The zero-order chi connectivity index (χ0) is 14.2. The van der Waals surface area contributed by atoms with Gasteiger partial charge < -0.3 is 10.6 Å². The Morgan fingerprint density at radius 1 is 1.16 bits per heavy atom. The molecule has 2 rings (SSSR count). The third-order valence-corrected chi connectivity index (χ3v) is 5.79. The number of nitrogens with zero attached hydrogens (tertiary/aromatic N) is 1. The maximum absolute atomic E-state index is 6.40. The zero-order valence-electron chi connectivity index (χ0n) is 13.7. The highest BCUT2D eigenvalue weighted by molar-refractivity contribution is 4.91. The van der Waals surface area contributed by atoms with Gasteiger partial charge in [0.15, 0.2) is 0 Å². The lowest BCUT2D eigenvalue weighted by molar-refractivity contribution is 0.0932. The van der Waals surface area contributed by atoms with Crippen LogP contribution in [0.4, 0.5) is 0 Å². The minimum absolute atomic E-state index is 0.424. The summed E-state index contributed by atoms with van der Waals surface area (Å²) >= 11 is 0. The van der Waals surface area contributed by atoms with E-state index in [1.807, 2.05) is 0 Å². The van der Waals surface area contributed by atoms with Crippen LogP contribution < -0.4 is 5.73 Å². The molecule has 0 radical (unpaired) electrons. The van der Waals surface area contributed by atoms with Crippen molar-refractivity contribution >= 4 is 0 Å². The molecule has 4 unspecified atom stereocenters. The first kappa shape index (κ1) is 15.3. The van der Waals surface area contributed by atoms with Crippen LogP contribution in [-0.2, 0) is 0 Å². The van der Waals surface area contributed by atoms with E-state index < -0.39 is 0 Å². The smallest absolute Gasteiger partial charge is 0.00922 e. The first-order chi connectivity index (χ1) is 8.79. The van der Waals surface area contributed by atoms with Crippen molar-refractivity contribution in [1.29, 1.82) is 0 Å². The highest BCUT2D eigenvalue weighted by Crippen LogP contribution is 2.41. The lowest BCUT2D eigenvalue weighted by Gasteiger charge is -2.42. The van der Waals surface area contributed by atoms with Crippen LogP contribution in [0.1, 0.15) is 59.8 Å². The van der Waals surface area contributed by atoms with Gasteiger partial charge in [-0.05, 0) is 69.2 Å². The van der Waals surface area contributed by atoms with Crippen molar-refractivity contribution in [1.82, 2.24) is 4.90 Å². The number of hydrogen-bond donors (Lipinski definition) is 1. The second kappa shape index (κ2) is 5.73. The monoisotopic (exact) mass is 266 g/mol. The summed E-state index contributed by atoms with van der Waals surface area (Å²) in [7, 11) is 2.30. The molecule has 19 heavy (non-hydrogen) atoms. The van der Waals surface area contributed by atoms with E-state index >= 15 is 0 Å². The molecule has 0 saturated heterocycles. The van der Waals surface area contributed by atoms with Crippen molar-refractivity contribution < 1.29 is 0 Å². The summed E-state index contributed by atoms with van der Waals surface area (Å²) < 4.78 is 0. The molecule has 0 bridgehead atoms. The number of rotatable bonds is 4. The van der Waals surface area contributed by atoms with Crippen LogP contribution in [0, 0.1) is 23.2 Å².